The van der Waals surface area contributed by atoms with Crippen molar-refractivity contribution in [2.24, 2.45) is 11.8 Å². The van der Waals surface area contributed by atoms with Gasteiger partial charge >= 0.3 is 0 Å². The molecule has 0 aromatic carbocycles. The van der Waals surface area contributed by atoms with Crippen LogP contribution in [0.25, 0.3) is 0 Å². The van der Waals surface area contributed by atoms with E-state index in [4.69, 9.17) is 0 Å². The molecule has 0 aromatic heterocycles. The van der Waals surface area contributed by atoms with Crippen molar-refractivity contribution in [2.45, 2.75) is 52.6 Å². The van der Waals surface area contributed by atoms with Crippen LogP contribution in [0.2, 0.25) is 0 Å². The monoisotopic (exact) mass is 236 g/mol. The lowest BCUT2D eigenvalue weighted by Crippen LogP contribution is -2.29. The summed E-state index contributed by atoms with van der Waals surface area (Å²) in [5.41, 5.74) is 0.423. The zero-order valence-electron chi connectivity index (χ0n) is 11.4. The molecule has 1 aliphatic carbocycles. The summed E-state index contributed by atoms with van der Waals surface area (Å²) in [5.74, 6) is 0.609. The van der Waals surface area contributed by atoms with Crippen LogP contribution in [0, 0.1) is 11.8 Å². The molecule has 0 unspecified atom stereocenters. The van der Waals surface area contributed by atoms with Gasteiger partial charge in [-0.15, -0.1) is 0 Å². The van der Waals surface area contributed by atoms with Gasteiger partial charge < -0.3 is 5.11 Å². The zero-order chi connectivity index (χ0) is 13.1. The number of hydrogen-bond donors (Lipinski definition) is 1. The van der Waals surface area contributed by atoms with Crippen molar-refractivity contribution in [2.75, 3.05) is 0 Å². The summed E-state index contributed by atoms with van der Waals surface area (Å²) in [5, 5.41) is 10.1. The maximum atomic E-state index is 11.6. The number of carbonyl (C=O) groups is 1. The summed E-state index contributed by atoms with van der Waals surface area (Å²) in [4.78, 5) is 11.6. The quantitative estimate of drug-likeness (QED) is 0.709. The van der Waals surface area contributed by atoms with Crippen LogP contribution in [0.3, 0.4) is 0 Å². The number of ketones is 1. The first kappa shape index (κ1) is 14.2. The highest BCUT2D eigenvalue weighted by Crippen LogP contribution is 2.26. The molecule has 17 heavy (non-hydrogen) atoms. The van der Waals surface area contributed by atoms with E-state index in [1.165, 1.54) is 0 Å². The first-order valence-electron chi connectivity index (χ1n) is 6.39. The molecule has 0 aromatic rings. The first-order chi connectivity index (χ1) is 7.79. The number of aliphatic hydroxyl groups is 1. The van der Waals surface area contributed by atoms with Gasteiger partial charge in [-0.25, -0.2) is 0 Å². The van der Waals surface area contributed by atoms with Crippen LogP contribution in [-0.4, -0.2) is 16.5 Å². The number of hydrogen-bond acceptors (Lipinski definition) is 2. The van der Waals surface area contributed by atoms with Crippen molar-refractivity contribution in [3.05, 3.63) is 23.8 Å². The first-order valence-corrected chi connectivity index (χ1v) is 6.39. The Morgan fingerprint density at radius 3 is 2.59 bits per heavy atom. The summed E-state index contributed by atoms with van der Waals surface area (Å²) < 4.78 is 0. The minimum Gasteiger partial charge on any atom is -0.390 e. The van der Waals surface area contributed by atoms with E-state index in [2.05, 4.69) is 12.2 Å². The van der Waals surface area contributed by atoms with Gasteiger partial charge in [0.1, 0.15) is 0 Å². The van der Waals surface area contributed by atoms with Gasteiger partial charge in [-0.1, -0.05) is 24.6 Å². The average molecular weight is 236 g/mol. The average Bonchev–Trinajstić information content (AvgIpc) is 2.14. The fourth-order valence-electron chi connectivity index (χ4n) is 2.18. The molecular weight excluding hydrogens is 212 g/mol. The van der Waals surface area contributed by atoms with Crippen molar-refractivity contribution < 1.29 is 9.90 Å². The lowest BCUT2D eigenvalue weighted by molar-refractivity contribution is -0.115. The maximum Gasteiger partial charge on any atom is 0.156 e. The van der Waals surface area contributed by atoms with Gasteiger partial charge in [-0.3, -0.25) is 4.79 Å². The predicted molar refractivity (Wildman–Crippen MR) is 70.7 cm³/mol. The Morgan fingerprint density at radius 2 is 2.00 bits per heavy atom. The number of carbonyl (C=O) groups excluding carboxylic acids is 1. The highest BCUT2D eigenvalue weighted by Gasteiger charge is 2.24. The second-order valence-corrected chi connectivity index (χ2v) is 5.82. The standard InChI is InChI=1S/C15H24O2/c1-11-5-7-13(15(3,4)17)8-6-12(2)10-14(16)9-11/h5,7,10-11,13,17H,6,8-9H2,1-4H3/t11-,13+/m1/s1. The molecule has 0 aliphatic heterocycles. The molecule has 1 aliphatic rings. The third kappa shape index (κ3) is 4.86. The summed E-state index contributed by atoms with van der Waals surface area (Å²) in [6.45, 7) is 7.74. The van der Waals surface area contributed by atoms with Gasteiger partial charge in [0, 0.05) is 12.3 Å². The number of allylic oxidation sites excluding steroid dienone is 3. The lowest BCUT2D eigenvalue weighted by atomic mass is 9.84. The largest absolute Gasteiger partial charge is 0.390 e. The van der Waals surface area contributed by atoms with Crippen molar-refractivity contribution in [1.82, 2.24) is 0 Å². The zero-order valence-corrected chi connectivity index (χ0v) is 11.4. The van der Waals surface area contributed by atoms with Gasteiger partial charge in [-0.05, 0) is 45.6 Å². The van der Waals surface area contributed by atoms with E-state index in [9.17, 15) is 9.90 Å². The SMILES string of the molecule is CC1=CC(=O)C[C@H](C)C=C[C@H](C(C)(C)O)CC1. The molecule has 2 atom stereocenters. The third-order valence-electron chi connectivity index (χ3n) is 3.36. The molecule has 2 nitrogen and oxygen atoms in total. The van der Waals surface area contributed by atoms with E-state index in [1.807, 2.05) is 27.7 Å². The molecule has 0 fully saturated rings. The Morgan fingerprint density at radius 1 is 1.35 bits per heavy atom. The summed E-state index contributed by atoms with van der Waals surface area (Å²) >= 11 is 0. The van der Waals surface area contributed by atoms with E-state index in [0.29, 0.717) is 6.42 Å². The van der Waals surface area contributed by atoms with Crippen molar-refractivity contribution >= 4 is 5.78 Å². The summed E-state index contributed by atoms with van der Waals surface area (Å²) in [6.07, 6.45) is 8.23. The summed E-state index contributed by atoms with van der Waals surface area (Å²) in [7, 11) is 0. The summed E-state index contributed by atoms with van der Waals surface area (Å²) in [6, 6.07) is 0. The molecule has 0 saturated carbocycles. The van der Waals surface area contributed by atoms with Crippen LogP contribution in [0.1, 0.15) is 47.0 Å². The minimum atomic E-state index is -0.695. The van der Waals surface area contributed by atoms with Gasteiger partial charge in [0.2, 0.25) is 0 Å². The molecule has 96 valence electrons. The van der Waals surface area contributed by atoms with Crippen LogP contribution in [0.5, 0.6) is 0 Å². The van der Waals surface area contributed by atoms with Gasteiger partial charge in [0.05, 0.1) is 5.60 Å². The normalized spacial score (nSPS) is 27.8. The second-order valence-electron chi connectivity index (χ2n) is 5.82. The topological polar surface area (TPSA) is 37.3 Å². The Hall–Kier alpha value is -0.890. The molecule has 0 saturated heterocycles. The highest BCUT2D eigenvalue weighted by atomic mass is 16.3. The van der Waals surface area contributed by atoms with Gasteiger partial charge in [0.15, 0.2) is 5.78 Å². The smallest absolute Gasteiger partial charge is 0.156 e. The molecule has 0 radical (unpaired) electrons. The lowest BCUT2D eigenvalue weighted by Gasteiger charge is -2.27. The Balaban J connectivity index is 2.87. The molecule has 2 heteroatoms. The van der Waals surface area contributed by atoms with Crippen molar-refractivity contribution in [3.8, 4) is 0 Å². The van der Waals surface area contributed by atoms with E-state index < -0.39 is 5.60 Å². The molecular formula is C15H24O2. The molecule has 0 spiro atoms. The van der Waals surface area contributed by atoms with E-state index in [0.717, 1.165) is 18.4 Å². The second kappa shape index (κ2) is 5.63. The van der Waals surface area contributed by atoms with Crippen LogP contribution < -0.4 is 0 Å². The Labute approximate surface area is 104 Å². The third-order valence-corrected chi connectivity index (χ3v) is 3.36. The van der Waals surface area contributed by atoms with Gasteiger partial charge in [0.25, 0.3) is 0 Å². The molecule has 1 N–H and O–H groups in total. The van der Waals surface area contributed by atoms with Crippen LogP contribution in [0.15, 0.2) is 23.8 Å². The molecule has 0 heterocycles. The maximum absolute atomic E-state index is 11.6. The molecule has 0 amide bonds. The fourth-order valence-corrected chi connectivity index (χ4v) is 2.18. The highest BCUT2D eigenvalue weighted by molar-refractivity contribution is 5.90. The van der Waals surface area contributed by atoms with Crippen LogP contribution in [-0.2, 0) is 4.79 Å². The minimum absolute atomic E-state index is 0.154. The fraction of sp³-hybridized carbons (Fsp3) is 0.667. The van der Waals surface area contributed by atoms with Crippen LogP contribution in [0.4, 0.5) is 0 Å². The van der Waals surface area contributed by atoms with E-state index in [-0.39, 0.29) is 17.6 Å². The Kier molecular flexibility index (Phi) is 4.70. The molecule has 0 bridgehead atoms. The Bertz CT molecular complexity index is 331. The van der Waals surface area contributed by atoms with E-state index in [1.54, 1.807) is 6.08 Å². The van der Waals surface area contributed by atoms with Crippen LogP contribution >= 0.6 is 0 Å². The van der Waals surface area contributed by atoms with Gasteiger partial charge in [-0.2, -0.15) is 0 Å². The number of rotatable bonds is 1. The van der Waals surface area contributed by atoms with Crippen molar-refractivity contribution in [3.63, 3.8) is 0 Å². The van der Waals surface area contributed by atoms with Crippen molar-refractivity contribution in [1.29, 1.82) is 0 Å². The molecule has 1 rings (SSSR count). The van der Waals surface area contributed by atoms with E-state index >= 15 is 0 Å². The predicted octanol–water partition coefficient (Wildman–Crippen LogP) is 3.27.